The maximum absolute atomic E-state index is 12.6. The Hall–Kier alpha value is -2.34. The van der Waals surface area contributed by atoms with E-state index in [2.05, 4.69) is 42.7 Å². The summed E-state index contributed by atoms with van der Waals surface area (Å²) in [6.07, 6.45) is 35.3. The van der Waals surface area contributed by atoms with Crippen LogP contribution in [0.25, 0.3) is 0 Å². The maximum atomic E-state index is 12.6. The van der Waals surface area contributed by atoms with Crippen molar-refractivity contribution in [2.75, 3.05) is 19.8 Å². The molecule has 0 bridgehead atoms. The van der Waals surface area contributed by atoms with Crippen LogP contribution in [0.1, 0.15) is 162 Å². The molecule has 0 spiro atoms. The number of ether oxygens (including phenoxy) is 3. The van der Waals surface area contributed by atoms with Crippen molar-refractivity contribution in [1.29, 1.82) is 0 Å². The van der Waals surface area contributed by atoms with E-state index in [1.54, 1.807) is 0 Å². The van der Waals surface area contributed by atoms with Gasteiger partial charge in [0.1, 0.15) is 12.6 Å². The number of aliphatic carboxylic acids is 1. The first kappa shape index (κ1) is 49.7. The highest BCUT2D eigenvalue weighted by atomic mass is 31.2. The monoisotopic (exact) mass is 785 g/mol. The molecule has 0 aromatic heterocycles. The minimum atomic E-state index is -4.73. The highest BCUT2D eigenvalue weighted by Gasteiger charge is 2.36. The van der Waals surface area contributed by atoms with Crippen molar-refractivity contribution in [3.63, 3.8) is 0 Å². The molecule has 4 N–H and O–H groups in total. The number of unbranched alkanes of at least 4 members (excludes halogenated alkanes) is 15. The van der Waals surface area contributed by atoms with E-state index < -0.39 is 51.1 Å². The molecule has 0 amide bonds. The van der Waals surface area contributed by atoms with Gasteiger partial charge in [0.25, 0.3) is 0 Å². The third-order valence-corrected chi connectivity index (χ3v) is 9.99. The van der Waals surface area contributed by atoms with Crippen LogP contribution in [-0.2, 0) is 42.2 Å². The molecule has 13 heteroatoms. The third-order valence-electron chi connectivity index (χ3n) is 9.04. The van der Waals surface area contributed by atoms with Gasteiger partial charge in [-0.15, -0.1) is 0 Å². The molecule has 0 aromatic rings. The van der Waals surface area contributed by atoms with E-state index in [-0.39, 0.29) is 19.4 Å². The second-order valence-electron chi connectivity index (χ2n) is 14.2. The molecule has 1 heterocycles. The normalized spacial score (nSPS) is 17.9. The summed E-state index contributed by atoms with van der Waals surface area (Å²) in [7, 11) is -4.73. The lowest BCUT2D eigenvalue weighted by Crippen LogP contribution is -2.34. The minimum Gasteiger partial charge on any atom is -0.480 e. The second-order valence-corrected chi connectivity index (χ2v) is 15.6. The number of nitrogens with two attached hydrogens (primary N) is 1. The summed E-state index contributed by atoms with van der Waals surface area (Å²) in [5.74, 6) is -2.46. The third kappa shape index (κ3) is 29.9. The predicted molar refractivity (Wildman–Crippen MR) is 212 cm³/mol. The fourth-order valence-corrected chi connectivity index (χ4v) is 6.41. The number of carbonyl (C=O) groups excluding carboxylic acids is 2. The van der Waals surface area contributed by atoms with Gasteiger partial charge in [0, 0.05) is 12.8 Å². The van der Waals surface area contributed by atoms with Gasteiger partial charge in [0.15, 0.2) is 6.10 Å². The average molecular weight is 786 g/mol. The van der Waals surface area contributed by atoms with Crippen LogP contribution in [-0.4, -0.2) is 72.1 Å². The fourth-order valence-electron chi connectivity index (χ4n) is 5.63. The number of carboxylic acids is 1. The smallest absolute Gasteiger partial charge is 0.472 e. The number of rotatable bonds is 37. The average Bonchev–Trinajstić information content (AvgIpc) is 3.90. The molecular formula is C41H72NO11P. The van der Waals surface area contributed by atoms with Gasteiger partial charge in [0.05, 0.1) is 25.4 Å². The van der Waals surface area contributed by atoms with Crippen LogP contribution >= 0.6 is 7.82 Å². The molecule has 0 radical (unpaired) electrons. The zero-order valence-corrected chi connectivity index (χ0v) is 34.1. The summed E-state index contributed by atoms with van der Waals surface area (Å²) in [6, 6.07) is -1.53. The van der Waals surface area contributed by atoms with Crippen molar-refractivity contribution in [2.45, 2.75) is 186 Å². The zero-order valence-electron chi connectivity index (χ0n) is 33.3. The molecule has 1 fully saturated rings. The van der Waals surface area contributed by atoms with E-state index in [1.165, 1.54) is 70.6 Å². The van der Waals surface area contributed by atoms with Gasteiger partial charge in [0.2, 0.25) is 0 Å². The Morgan fingerprint density at radius 1 is 0.667 bits per heavy atom. The second kappa shape index (κ2) is 32.9. The van der Waals surface area contributed by atoms with Crippen molar-refractivity contribution in [2.24, 2.45) is 5.73 Å². The summed E-state index contributed by atoms with van der Waals surface area (Å²) in [6.45, 7) is 2.69. The summed E-state index contributed by atoms with van der Waals surface area (Å²) in [5.41, 5.74) is 5.32. The number of allylic oxidation sites excluding steroid dienone is 4. The Labute approximate surface area is 325 Å². The first-order chi connectivity index (χ1) is 26.1. The summed E-state index contributed by atoms with van der Waals surface area (Å²) < 4.78 is 38.3. The topological polar surface area (TPSA) is 184 Å². The molecular weight excluding hydrogens is 713 g/mol. The molecule has 54 heavy (non-hydrogen) atoms. The van der Waals surface area contributed by atoms with E-state index >= 15 is 0 Å². The van der Waals surface area contributed by atoms with Gasteiger partial charge >= 0.3 is 25.7 Å². The Bertz CT molecular complexity index is 1130. The minimum absolute atomic E-state index is 0.142. The van der Waals surface area contributed by atoms with Crippen molar-refractivity contribution in [1.82, 2.24) is 0 Å². The molecule has 0 aliphatic carbocycles. The SMILES string of the molecule is CCCCC/C=C\CC1OC1C/C=C\C/C=C\CCCC(=O)OC[C@H](COP(=O)(O)OC[C@H](N)C(=O)O)OC(=O)CCCCCCCCCCCCCC. The lowest BCUT2D eigenvalue weighted by atomic mass is 10.0. The van der Waals surface area contributed by atoms with Gasteiger partial charge in [-0.3, -0.25) is 23.4 Å². The number of carboxylic acid groups (broad SMARTS) is 1. The van der Waals surface area contributed by atoms with Crippen LogP contribution in [0.3, 0.4) is 0 Å². The van der Waals surface area contributed by atoms with Crippen LogP contribution in [0.4, 0.5) is 0 Å². The summed E-state index contributed by atoms with van der Waals surface area (Å²) in [5, 5.41) is 8.87. The van der Waals surface area contributed by atoms with E-state index in [9.17, 15) is 23.8 Å². The number of hydrogen-bond donors (Lipinski definition) is 3. The summed E-state index contributed by atoms with van der Waals surface area (Å²) >= 11 is 0. The number of esters is 2. The molecule has 3 unspecified atom stereocenters. The van der Waals surface area contributed by atoms with Crippen molar-refractivity contribution in [3.8, 4) is 0 Å². The Morgan fingerprint density at radius 2 is 1.17 bits per heavy atom. The number of hydrogen-bond acceptors (Lipinski definition) is 10. The highest BCUT2D eigenvalue weighted by Crippen LogP contribution is 2.43. The summed E-state index contributed by atoms with van der Waals surface area (Å²) in [4.78, 5) is 45.8. The molecule has 0 aromatic carbocycles. The van der Waals surface area contributed by atoms with Crippen LogP contribution in [0, 0.1) is 0 Å². The lowest BCUT2D eigenvalue weighted by Gasteiger charge is -2.20. The van der Waals surface area contributed by atoms with Crippen molar-refractivity contribution >= 4 is 25.7 Å². The number of phosphoric acid groups is 1. The van der Waals surface area contributed by atoms with Gasteiger partial charge in [-0.05, 0) is 51.4 Å². The Balaban J connectivity index is 2.34. The molecule has 1 aliphatic rings. The van der Waals surface area contributed by atoms with Crippen molar-refractivity contribution < 1.29 is 52.2 Å². The molecule has 1 aliphatic heterocycles. The first-order valence-corrected chi connectivity index (χ1v) is 22.1. The van der Waals surface area contributed by atoms with Crippen LogP contribution in [0.15, 0.2) is 36.5 Å². The van der Waals surface area contributed by atoms with E-state index in [4.69, 9.17) is 29.6 Å². The number of phosphoric ester groups is 1. The van der Waals surface area contributed by atoms with Gasteiger partial charge in [-0.25, -0.2) is 4.57 Å². The lowest BCUT2D eigenvalue weighted by molar-refractivity contribution is -0.161. The van der Waals surface area contributed by atoms with Crippen LogP contribution < -0.4 is 5.73 Å². The molecule has 312 valence electrons. The van der Waals surface area contributed by atoms with Crippen molar-refractivity contribution in [3.05, 3.63) is 36.5 Å². The number of epoxide rings is 1. The molecule has 0 saturated carbocycles. The fraction of sp³-hybridized carbons (Fsp3) is 0.780. The van der Waals surface area contributed by atoms with Crippen LogP contribution in [0.2, 0.25) is 0 Å². The van der Waals surface area contributed by atoms with Gasteiger partial charge in [-0.1, -0.05) is 134 Å². The molecule has 1 saturated heterocycles. The predicted octanol–water partition coefficient (Wildman–Crippen LogP) is 9.44. The van der Waals surface area contributed by atoms with E-state index in [1.807, 2.05) is 12.2 Å². The van der Waals surface area contributed by atoms with Gasteiger partial charge in [-0.2, -0.15) is 0 Å². The standard InChI is InChI=1S/C41H72NO11P/c1-3-5-7-9-11-12-13-14-15-18-23-27-31-40(44)52-35(33-50-54(47,48)51-34-36(42)41(45)46)32-49-39(43)30-26-22-19-16-17-21-25-29-38-37(53-38)28-24-20-10-8-6-4-2/h16,19-21,24-25,35-38H,3-15,17-18,22-23,26-34,42H2,1-2H3,(H,45,46)(H,47,48)/b19-16-,24-20-,25-21-/t35-,36+,37?,38?/m1/s1. The Morgan fingerprint density at radius 3 is 1.80 bits per heavy atom. The Kier molecular flexibility index (Phi) is 30.2. The largest absolute Gasteiger partial charge is 0.480 e. The van der Waals surface area contributed by atoms with Gasteiger partial charge < -0.3 is 29.9 Å². The van der Waals surface area contributed by atoms with Crippen LogP contribution in [0.5, 0.6) is 0 Å². The zero-order chi connectivity index (χ0) is 39.7. The quantitative estimate of drug-likeness (QED) is 0.0178. The molecule has 5 atom stereocenters. The van der Waals surface area contributed by atoms with E-state index in [0.29, 0.717) is 31.5 Å². The maximum Gasteiger partial charge on any atom is 0.472 e. The highest BCUT2D eigenvalue weighted by molar-refractivity contribution is 7.47. The van der Waals surface area contributed by atoms with E-state index in [0.717, 1.165) is 44.9 Å². The number of carbonyl (C=O) groups is 3. The first-order valence-electron chi connectivity index (χ1n) is 20.6. The molecule has 12 nitrogen and oxygen atoms in total. The molecule has 1 rings (SSSR count).